The van der Waals surface area contributed by atoms with E-state index >= 15 is 0 Å². The van der Waals surface area contributed by atoms with E-state index in [-0.39, 0.29) is 11.7 Å². The highest BCUT2D eigenvalue weighted by Gasteiger charge is 2.48. The van der Waals surface area contributed by atoms with Gasteiger partial charge in [-0.1, -0.05) is 0 Å². The number of carbonyl (C=O) groups excluding carboxylic acids is 2. The second kappa shape index (κ2) is 6.44. The van der Waals surface area contributed by atoms with Gasteiger partial charge in [0.15, 0.2) is 0 Å². The third-order valence-corrected chi connectivity index (χ3v) is 4.47. The summed E-state index contributed by atoms with van der Waals surface area (Å²) in [6.07, 6.45) is 1.21. The normalized spacial score (nSPS) is 19.3. The Morgan fingerprint density at radius 3 is 2.08 bits per heavy atom. The predicted octanol–water partition coefficient (Wildman–Crippen LogP) is 2.04. The predicted molar refractivity (Wildman–Crippen MR) is 93.9 cm³/mol. The Balaban J connectivity index is 2.18. The Morgan fingerprint density at radius 2 is 1.64 bits per heavy atom. The van der Waals surface area contributed by atoms with Crippen molar-refractivity contribution in [3.8, 4) is 0 Å². The fourth-order valence-corrected chi connectivity index (χ4v) is 3.86. The van der Waals surface area contributed by atoms with Crippen LogP contribution in [-0.2, 0) is 9.59 Å². The summed E-state index contributed by atoms with van der Waals surface area (Å²) in [5.41, 5.74) is 5.23. The lowest BCUT2D eigenvalue weighted by Gasteiger charge is -2.54. The number of anilines is 1. The molecule has 0 bridgehead atoms. The Hall–Kier alpha value is -2.48. The van der Waals surface area contributed by atoms with Crippen molar-refractivity contribution in [2.75, 3.05) is 5.32 Å². The summed E-state index contributed by atoms with van der Waals surface area (Å²) < 4.78 is 0. The number of hydrogen-bond acceptors (Lipinski definition) is 5. The van der Waals surface area contributed by atoms with Crippen LogP contribution in [0.3, 0.4) is 0 Å². The van der Waals surface area contributed by atoms with Crippen molar-refractivity contribution in [3.05, 3.63) is 34.4 Å². The van der Waals surface area contributed by atoms with Gasteiger partial charge in [-0.25, -0.2) is 0 Å². The lowest BCUT2D eigenvalue weighted by molar-refractivity contribution is -0.384. The number of non-ortho nitro benzene ring substituents is 1. The minimum atomic E-state index is -0.773. The van der Waals surface area contributed by atoms with Crippen molar-refractivity contribution in [3.63, 3.8) is 0 Å². The molecule has 25 heavy (non-hydrogen) atoms. The second-order valence-corrected chi connectivity index (χ2v) is 7.69. The molecule has 1 fully saturated rings. The van der Waals surface area contributed by atoms with Crippen LogP contribution in [0.15, 0.2) is 24.3 Å². The Bertz CT molecular complexity index is 679. The molecule has 0 saturated carbocycles. The van der Waals surface area contributed by atoms with Crippen molar-refractivity contribution in [1.82, 2.24) is 4.90 Å². The van der Waals surface area contributed by atoms with Gasteiger partial charge in [0, 0.05) is 34.9 Å². The Kier molecular flexibility index (Phi) is 4.85. The number of nitrogens with two attached hydrogens (primary N) is 1. The Labute approximate surface area is 146 Å². The van der Waals surface area contributed by atoms with Gasteiger partial charge in [-0.3, -0.25) is 19.7 Å². The van der Waals surface area contributed by atoms with Gasteiger partial charge < -0.3 is 16.0 Å². The zero-order valence-corrected chi connectivity index (χ0v) is 14.9. The van der Waals surface area contributed by atoms with Crippen LogP contribution < -0.4 is 11.1 Å². The molecule has 1 aromatic rings. The third-order valence-electron chi connectivity index (χ3n) is 4.47. The second-order valence-electron chi connectivity index (χ2n) is 7.69. The van der Waals surface area contributed by atoms with Crippen molar-refractivity contribution < 1.29 is 14.5 Å². The highest BCUT2D eigenvalue weighted by atomic mass is 16.6. The minimum absolute atomic E-state index is 0.0354. The molecular weight excluding hydrogens is 324 g/mol. The van der Waals surface area contributed by atoms with Crippen molar-refractivity contribution in [2.24, 2.45) is 5.73 Å². The van der Waals surface area contributed by atoms with E-state index in [9.17, 15) is 19.7 Å². The van der Waals surface area contributed by atoms with E-state index in [0.29, 0.717) is 18.5 Å². The molecule has 1 aliphatic rings. The smallest absolute Gasteiger partial charge is 0.313 e. The van der Waals surface area contributed by atoms with Gasteiger partial charge in [0.2, 0.25) is 0 Å². The molecule has 1 saturated heterocycles. The highest BCUT2D eigenvalue weighted by Crippen LogP contribution is 2.37. The molecule has 2 amide bonds. The topological polar surface area (TPSA) is 119 Å². The van der Waals surface area contributed by atoms with Crippen LogP contribution >= 0.6 is 0 Å². The summed E-state index contributed by atoms with van der Waals surface area (Å²) in [5.74, 6) is -1.41. The van der Waals surface area contributed by atoms with Crippen LogP contribution in [0.2, 0.25) is 0 Å². The van der Waals surface area contributed by atoms with Crippen LogP contribution in [0.25, 0.3) is 0 Å². The number of benzene rings is 1. The number of likely N-dealkylation sites (tertiary alicyclic amines) is 1. The van der Waals surface area contributed by atoms with E-state index < -0.39 is 27.8 Å². The molecule has 1 aliphatic heterocycles. The number of amides is 2. The van der Waals surface area contributed by atoms with E-state index in [2.05, 4.69) is 5.32 Å². The molecular formula is C17H24N4O4. The lowest BCUT2D eigenvalue weighted by Crippen LogP contribution is -2.66. The monoisotopic (exact) mass is 348 g/mol. The largest absolute Gasteiger partial charge is 0.328 e. The number of nitrogens with one attached hydrogen (secondary N) is 1. The van der Waals surface area contributed by atoms with Crippen LogP contribution in [0.5, 0.6) is 0 Å². The number of nitrogens with zero attached hydrogens (tertiary/aromatic N) is 2. The molecule has 0 unspecified atom stereocenters. The molecule has 1 heterocycles. The van der Waals surface area contributed by atoms with Crippen LogP contribution in [-0.4, -0.2) is 38.8 Å². The molecule has 0 aromatic heterocycles. The molecule has 1 aromatic carbocycles. The quantitative estimate of drug-likeness (QED) is 0.481. The zero-order chi connectivity index (χ0) is 19.0. The van der Waals surface area contributed by atoms with E-state index in [4.69, 9.17) is 5.73 Å². The summed E-state index contributed by atoms with van der Waals surface area (Å²) in [7, 11) is 0. The number of nitro groups is 1. The van der Waals surface area contributed by atoms with Crippen molar-refractivity contribution in [2.45, 2.75) is 57.7 Å². The van der Waals surface area contributed by atoms with E-state index in [0.717, 1.165) is 0 Å². The number of rotatable bonds is 2. The van der Waals surface area contributed by atoms with Crippen molar-refractivity contribution >= 4 is 23.2 Å². The molecule has 8 heteroatoms. The fourth-order valence-electron chi connectivity index (χ4n) is 3.86. The first-order valence-corrected chi connectivity index (χ1v) is 8.10. The molecule has 0 aliphatic carbocycles. The van der Waals surface area contributed by atoms with Crippen molar-refractivity contribution in [1.29, 1.82) is 0 Å². The first-order chi connectivity index (χ1) is 11.4. The molecule has 3 N–H and O–H groups in total. The molecule has 2 rings (SSSR count). The maximum absolute atomic E-state index is 12.8. The summed E-state index contributed by atoms with van der Waals surface area (Å²) in [5, 5.41) is 13.2. The van der Waals surface area contributed by atoms with Gasteiger partial charge in [-0.2, -0.15) is 0 Å². The van der Waals surface area contributed by atoms with Gasteiger partial charge in [0.1, 0.15) is 0 Å². The number of nitro benzene ring substituents is 1. The number of piperidine rings is 1. The SMILES string of the molecule is CC1(C)CC(N)CC(C)(C)N1C(=O)C(=O)Nc1ccc([N+](=O)[O-])cc1. The first kappa shape index (κ1) is 18.9. The van der Waals surface area contributed by atoms with Gasteiger partial charge in [0.25, 0.3) is 5.69 Å². The molecule has 8 nitrogen and oxygen atoms in total. The van der Waals surface area contributed by atoms with Crippen LogP contribution in [0, 0.1) is 10.1 Å². The number of hydrogen-bond donors (Lipinski definition) is 2. The average molecular weight is 348 g/mol. The first-order valence-electron chi connectivity index (χ1n) is 8.10. The summed E-state index contributed by atoms with van der Waals surface area (Å²) >= 11 is 0. The van der Waals surface area contributed by atoms with E-state index in [1.165, 1.54) is 24.3 Å². The van der Waals surface area contributed by atoms with E-state index in [1.54, 1.807) is 4.90 Å². The average Bonchev–Trinajstić information content (AvgIpc) is 2.44. The van der Waals surface area contributed by atoms with Crippen LogP contribution in [0.4, 0.5) is 11.4 Å². The highest BCUT2D eigenvalue weighted by molar-refractivity contribution is 6.39. The number of carbonyl (C=O) groups is 2. The summed E-state index contributed by atoms with van der Waals surface area (Å²) in [4.78, 5) is 36.9. The Morgan fingerprint density at radius 1 is 1.16 bits per heavy atom. The maximum atomic E-state index is 12.8. The molecule has 0 atom stereocenters. The maximum Gasteiger partial charge on any atom is 0.313 e. The lowest BCUT2D eigenvalue weighted by atomic mass is 9.77. The summed E-state index contributed by atoms with van der Waals surface area (Å²) in [6, 6.07) is 5.30. The van der Waals surface area contributed by atoms with Gasteiger partial charge in [-0.05, 0) is 52.7 Å². The van der Waals surface area contributed by atoms with Crippen LogP contribution in [0.1, 0.15) is 40.5 Å². The van der Waals surface area contributed by atoms with Gasteiger partial charge in [0.05, 0.1) is 4.92 Å². The fraction of sp³-hybridized carbons (Fsp3) is 0.529. The van der Waals surface area contributed by atoms with Gasteiger partial charge in [-0.15, -0.1) is 0 Å². The third kappa shape index (κ3) is 3.96. The molecule has 136 valence electrons. The molecule has 0 spiro atoms. The van der Waals surface area contributed by atoms with Gasteiger partial charge >= 0.3 is 11.8 Å². The minimum Gasteiger partial charge on any atom is -0.328 e. The van der Waals surface area contributed by atoms with E-state index in [1.807, 2.05) is 27.7 Å². The zero-order valence-electron chi connectivity index (χ0n) is 14.9. The summed E-state index contributed by atoms with van der Waals surface area (Å²) in [6.45, 7) is 7.57. The molecule has 0 radical (unpaired) electrons. The standard InChI is InChI=1S/C17H24N4O4/c1-16(2)9-11(18)10-17(3,4)20(16)15(23)14(22)19-12-5-7-13(8-6-12)21(24)25/h5-8,11H,9-10,18H2,1-4H3,(H,19,22).